The molecule has 0 heterocycles. The molecule has 98 valence electrons. The summed E-state index contributed by atoms with van der Waals surface area (Å²) >= 11 is 0. The molecule has 0 aliphatic carbocycles. The maximum Gasteiger partial charge on any atom is 0.345 e. The Kier molecular flexibility index (Phi) is 5.87. The lowest BCUT2D eigenvalue weighted by Gasteiger charge is -2.12. The Hall–Kier alpha value is -1.88. The van der Waals surface area contributed by atoms with Gasteiger partial charge in [0.15, 0.2) is 0 Å². The van der Waals surface area contributed by atoms with E-state index in [4.69, 9.17) is 9.84 Å². The number of carbonyl (C=O) groups is 2. The van der Waals surface area contributed by atoms with Crippen LogP contribution in [0.15, 0.2) is 30.3 Å². The van der Waals surface area contributed by atoms with Crippen LogP contribution in [0.1, 0.15) is 18.9 Å². The van der Waals surface area contributed by atoms with Gasteiger partial charge in [0, 0.05) is 13.3 Å². The highest BCUT2D eigenvalue weighted by atomic mass is 16.6. The number of carbonyl (C=O) groups excluding carboxylic acids is 1. The van der Waals surface area contributed by atoms with Crippen molar-refractivity contribution >= 4 is 11.9 Å². The van der Waals surface area contributed by atoms with Crippen molar-refractivity contribution in [1.29, 1.82) is 0 Å². The minimum atomic E-state index is -1.16. The second kappa shape index (κ2) is 7.45. The molecule has 0 radical (unpaired) electrons. The first-order chi connectivity index (χ1) is 8.59. The number of benzene rings is 1. The summed E-state index contributed by atoms with van der Waals surface area (Å²) in [6, 6.07) is 9.54. The molecule has 5 heteroatoms. The smallest absolute Gasteiger partial charge is 0.345 e. The van der Waals surface area contributed by atoms with Gasteiger partial charge in [0.1, 0.15) is 0 Å². The van der Waals surface area contributed by atoms with Crippen molar-refractivity contribution < 1.29 is 24.2 Å². The van der Waals surface area contributed by atoms with Gasteiger partial charge in [-0.1, -0.05) is 30.3 Å². The van der Waals surface area contributed by atoms with E-state index in [1.807, 2.05) is 30.3 Å². The van der Waals surface area contributed by atoms with E-state index in [1.165, 1.54) is 6.92 Å². The van der Waals surface area contributed by atoms with Crippen molar-refractivity contribution in [2.75, 3.05) is 6.61 Å². The molecule has 1 N–H and O–H groups in total. The molecule has 5 nitrogen and oxygen atoms in total. The normalized spacial score (nSPS) is 11.8. The summed E-state index contributed by atoms with van der Waals surface area (Å²) in [4.78, 5) is 21.5. The molecule has 18 heavy (non-hydrogen) atoms. The van der Waals surface area contributed by atoms with Gasteiger partial charge in [-0.25, -0.2) is 4.79 Å². The fourth-order valence-electron chi connectivity index (χ4n) is 1.39. The Labute approximate surface area is 105 Å². The van der Waals surface area contributed by atoms with Gasteiger partial charge in [-0.3, -0.25) is 4.79 Å². The molecule has 1 atom stereocenters. The first-order valence-electron chi connectivity index (χ1n) is 5.61. The van der Waals surface area contributed by atoms with Gasteiger partial charge >= 0.3 is 11.9 Å². The molecule has 0 aliphatic rings. The minimum absolute atomic E-state index is 0.141. The average molecular weight is 252 g/mol. The van der Waals surface area contributed by atoms with Crippen molar-refractivity contribution in [3.63, 3.8) is 0 Å². The van der Waals surface area contributed by atoms with E-state index < -0.39 is 18.0 Å². The van der Waals surface area contributed by atoms with Crippen molar-refractivity contribution in [2.45, 2.75) is 26.1 Å². The van der Waals surface area contributed by atoms with Crippen LogP contribution >= 0.6 is 0 Å². The first-order valence-corrected chi connectivity index (χ1v) is 5.61. The predicted molar refractivity (Wildman–Crippen MR) is 63.9 cm³/mol. The lowest BCUT2D eigenvalue weighted by atomic mass is 10.2. The summed E-state index contributed by atoms with van der Waals surface area (Å²) in [6.45, 7) is 1.81. The number of ether oxygens (including phenoxy) is 2. The van der Waals surface area contributed by atoms with Crippen molar-refractivity contribution in [2.24, 2.45) is 0 Å². The van der Waals surface area contributed by atoms with Crippen LogP contribution in [0, 0.1) is 0 Å². The average Bonchev–Trinajstić information content (AvgIpc) is 2.33. The second-order valence-electron chi connectivity index (χ2n) is 3.76. The van der Waals surface area contributed by atoms with E-state index in [0.29, 0.717) is 6.61 Å². The molecule has 0 unspecified atom stereocenters. The van der Waals surface area contributed by atoms with Crippen LogP contribution in [-0.2, 0) is 25.7 Å². The molecule has 0 bridgehead atoms. The Morgan fingerprint density at radius 1 is 1.28 bits per heavy atom. The Bertz CT molecular complexity index is 388. The van der Waals surface area contributed by atoms with E-state index in [2.05, 4.69) is 4.74 Å². The zero-order valence-electron chi connectivity index (χ0n) is 10.2. The fourth-order valence-corrected chi connectivity index (χ4v) is 1.39. The summed E-state index contributed by atoms with van der Waals surface area (Å²) < 4.78 is 9.97. The lowest BCUT2D eigenvalue weighted by molar-refractivity contribution is -0.163. The summed E-state index contributed by atoms with van der Waals surface area (Å²) in [6.07, 6.45) is -1.000. The van der Waals surface area contributed by atoms with Crippen LogP contribution in [0.5, 0.6) is 0 Å². The fraction of sp³-hybridized carbons (Fsp3) is 0.385. The van der Waals surface area contributed by atoms with Gasteiger partial charge in [-0.2, -0.15) is 0 Å². The SMILES string of the molecule is CC(=O)O[C@@H](CCOCc1ccccc1)C(=O)O. The molecule has 1 rings (SSSR count). The maximum atomic E-state index is 10.8. The third-order valence-electron chi connectivity index (χ3n) is 2.22. The van der Waals surface area contributed by atoms with Crippen LogP contribution in [0.2, 0.25) is 0 Å². The third-order valence-corrected chi connectivity index (χ3v) is 2.22. The van der Waals surface area contributed by atoms with Gasteiger partial charge < -0.3 is 14.6 Å². The lowest BCUT2D eigenvalue weighted by Crippen LogP contribution is -2.27. The van der Waals surface area contributed by atoms with E-state index >= 15 is 0 Å². The molecule has 0 fully saturated rings. The van der Waals surface area contributed by atoms with Gasteiger partial charge in [-0.05, 0) is 5.56 Å². The molecular weight excluding hydrogens is 236 g/mol. The van der Waals surface area contributed by atoms with Crippen LogP contribution in [-0.4, -0.2) is 29.8 Å². The summed E-state index contributed by atoms with van der Waals surface area (Å²) in [7, 11) is 0. The largest absolute Gasteiger partial charge is 0.479 e. The highest BCUT2D eigenvalue weighted by Crippen LogP contribution is 2.04. The monoisotopic (exact) mass is 252 g/mol. The topological polar surface area (TPSA) is 72.8 Å². The highest BCUT2D eigenvalue weighted by molar-refractivity contribution is 5.76. The number of hydrogen-bond acceptors (Lipinski definition) is 4. The Morgan fingerprint density at radius 2 is 1.94 bits per heavy atom. The predicted octanol–water partition coefficient (Wildman–Crippen LogP) is 1.61. The third kappa shape index (κ3) is 5.45. The summed E-state index contributed by atoms with van der Waals surface area (Å²) in [5.41, 5.74) is 1.01. The van der Waals surface area contributed by atoms with Gasteiger partial charge in [-0.15, -0.1) is 0 Å². The molecule has 0 amide bonds. The number of carboxylic acid groups (broad SMARTS) is 1. The number of carboxylic acids is 1. The standard InChI is InChI=1S/C13H16O5/c1-10(14)18-12(13(15)16)7-8-17-9-11-5-3-2-4-6-11/h2-6,12H,7-9H2,1H3,(H,15,16)/t12-/m0/s1. The van der Waals surface area contributed by atoms with Crippen LogP contribution in [0.4, 0.5) is 0 Å². The molecule has 0 aliphatic heterocycles. The van der Waals surface area contributed by atoms with Crippen molar-refractivity contribution in [3.05, 3.63) is 35.9 Å². The second-order valence-corrected chi connectivity index (χ2v) is 3.76. The summed E-state index contributed by atoms with van der Waals surface area (Å²) in [5.74, 6) is -1.76. The van der Waals surface area contributed by atoms with Crippen molar-refractivity contribution in [1.82, 2.24) is 0 Å². The number of hydrogen-bond donors (Lipinski definition) is 1. The van der Waals surface area contributed by atoms with Crippen LogP contribution < -0.4 is 0 Å². The molecule has 0 saturated carbocycles. The molecule has 0 saturated heterocycles. The van der Waals surface area contributed by atoms with Crippen LogP contribution in [0.25, 0.3) is 0 Å². The quantitative estimate of drug-likeness (QED) is 0.589. The minimum Gasteiger partial charge on any atom is -0.479 e. The molecular formula is C13H16O5. The summed E-state index contributed by atoms with van der Waals surface area (Å²) in [5, 5.41) is 8.81. The van der Waals surface area contributed by atoms with Gasteiger partial charge in [0.2, 0.25) is 6.10 Å². The zero-order valence-corrected chi connectivity index (χ0v) is 10.2. The molecule has 1 aromatic carbocycles. The van der Waals surface area contributed by atoms with Gasteiger partial charge in [0.25, 0.3) is 0 Å². The number of esters is 1. The molecule has 0 spiro atoms. The molecule has 0 aromatic heterocycles. The van der Waals surface area contributed by atoms with Crippen LogP contribution in [0.3, 0.4) is 0 Å². The number of rotatable bonds is 7. The number of aliphatic carboxylic acids is 1. The van der Waals surface area contributed by atoms with E-state index in [0.717, 1.165) is 5.56 Å². The first kappa shape index (κ1) is 14.2. The Balaban J connectivity index is 2.27. The maximum absolute atomic E-state index is 10.8. The molecule has 1 aromatic rings. The van der Waals surface area contributed by atoms with E-state index in [-0.39, 0.29) is 13.0 Å². The van der Waals surface area contributed by atoms with E-state index in [1.54, 1.807) is 0 Å². The van der Waals surface area contributed by atoms with Crippen molar-refractivity contribution in [3.8, 4) is 0 Å². The zero-order chi connectivity index (χ0) is 13.4. The highest BCUT2D eigenvalue weighted by Gasteiger charge is 2.20. The van der Waals surface area contributed by atoms with Gasteiger partial charge in [0.05, 0.1) is 13.2 Å². The van der Waals surface area contributed by atoms with E-state index in [9.17, 15) is 9.59 Å². The Morgan fingerprint density at radius 3 is 2.50 bits per heavy atom.